The second-order valence-corrected chi connectivity index (χ2v) is 5.46. The van der Waals surface area contributed by atoms with Crippen molar-refractivity contribution >= 4 is 27.7 Å². The number of halogens is 1. The number of rotatable bonds is 6. The van der Waals surface area contributed by atoms with E-state index >= 15 is 0 Å². The van der Waals surface area contributed by atoms with Crippen molar-refractivity contribution in [3.8, 4) is 0 Å². The van der Waals surface area contributed by atoms with Gasteiger partial charge in [-0.15, -0.1) is 0 Å². The number of alkyl halides is 1. The molecule has 5 heteroatoms. The molecule has 0 unspecified atom stereocenters. The molecule has 0 atom stereocenters. The summed E-state index contributed by atoms with van der Waals surface area (Å²) >= 11 is 3.34. The lowest BCUT2D eigenvalue weighted by Gasteiger charge is -2.27. The first-order valence-electron chi connectivity index (χ1n) is 6.28. The van der Waals surface area contributed by atoms with E-state index in [4.69, 9.17) is 5.73 Å². The molecule has 0 aromatic carbocycles. The van der Waals surface area contributed by atoms with Crippen LogP contribution < -0.4 is 11.1 Å². The molecule has 0 heterocycles. The SMILES string of the molecule is NC(=O)C1CCC(NC(=O)CCCCBr)CC1. The standard InChI is InChI=1S/C12H21BrN2O2/c13-8-2-1-3-11(16)15-10-6-4-9(5-7-10)12(14)17/h9-10H,1-8H2,(H2,14,17)(H,15,16). The summed E-state index contributed by atoms with van der Waals surface area (Å²) in [6.45, 7) is 0. The zero-order valence-electron chi connectivity index (χ0n) is 10.1. The van der Waals surface area contributed by atoms with Crippen molar-refractivity contribution in [3.05, 3.63) is 0 Å². The Morgan fingerprint density at radius 1 is 1.18 bits per heavy atom. The van der Waals surface area contributed by atoms with Gasteiger partial charge < -0.3 is 11.1 Å². The van der Waals surface area contributed by atoms with E-state index in [1.54, 1.807) is 0 Å². The minimum atomic E-state index is -0.202. The van der Waals surface area contributed by atoms with E-state index in [2.05, 4.69) is 21.2 Å². The van der Waals surface area contributed by atoms with Crippen molar-refractivity contribution in [1.82, 2.24) is 5.32 Å². The van der Waals surface area contributed by atoms with E-state index in [1.165, 1.54) is 0 Å². The Kier molecular flexibility index (Phi) is 6.55. The average molecular weight is 305 g/mol. The molecule has 1 aliphatic carbocycles. The molecule has 1 fully saturated rings. The van der Waals surface area contributed by atoms with Gasteiger partial charge in [0.05, 0.1) is 0 Å². The predicted molar refractivity (Wildman–Crippen MR) is 70.7 cm³/mol. The van der Waals surface area contributed by atoms with Crippen LogP contribution in [0.25, 0.3) is 0 Å². The number of carbonyl (C=O) groups excluding carboxylic acids is 2. The van der Waals surface area contributed by atoms with Gasteiger partial charge in [0.15, 0.2) is 0 Å². The smallest absolute Gasteiger partial charge is 0.220 e. The lowest BCUT2D eigenvalue weighted by Crippen LogP contribution is -2.39. The zero-order chi connectivity index (χ0) is 12.7. The molecule has 4 nitrogen and oxygen atoms in total. The molecule has 0 spiro atoms. The van der Waals surface area contributed by atoms with Crippen molar-refractivity contribution < 1.29 is 9.59 Å². The lowest BCUT2D eigenvalue weighted by molar-refractivity contribution is -0.123. The van der Waals surface area contributed by atoms with Crippen molar-refractivity contribution in [3.63, 3.8) is 0 Å². The average Bonchev–Trinajstić information content (AvgIpc) is 2.30. The maximum Gasteiger partial charge on any atom is 0.220 e. The third-order valence-electron chi connectivity index (χ3n) is 3.28. The third kappa shape index (κ3) is 5.52. The van der Waals surface area contributed by atoms with Crippen molar-refractivity contribution in [2.75, 3.05) is 5.33 Å². The molecular formula is C12H21BrN2O2. The van der Waals surface area contributed by atoms with Crippen LogP contribution in [-0.4, -0.2) is 23.2 Å². The highest BCUT2D eigenvalue weighted by Crippen LogP contribution is 2.23. The van der Waals surface area contributed by atoms with Crippen LogP contribution in [0.15, 0.2) is 0 Å². The van der Waals surface area contributed by atoms with Gasteiger partial charge in [-0.25, -0.2) is 0 Å². The molecule has 98 valence electrons. The summed E-state index contributed by atoms with van der Waals surface area (Å²) < 4.78 is 0. The van der Waals surface area contributed by atoms with Crippen LogP contribution in [0.5, 0.6) is 0 Å². The number of unbranched alkanes of at least 4 members (excludes halogenated alkanes) is 1. The summed E-state index contributed by atoms with van der Waals surface area (Å²) in [6, 6.07) is 0.238. The van der Waals surface area contributed by atoms with E-state index in [-0.39, 0.29) is 23.8 Å². The molecule has 2 amide bonds. The van der Waals surface area contributed by atoms with E-state index < -0.39 is 0 Å². The lowest BCUT2D eigenvalue weighted by atomic mass is 9.85. The van der Waals surface area contributed by atoms with Crippen LogP contribution in [0.2, 0.25) is 0 Å². The van der Waals surface area contributed by atoms with Crippen molar-refractivity contribution in [2.24, 2.45) is 11.7 Å². The zero-order valence-corrected chi connectivity index (χ0v) is 11.7. The quantitative estimate of drug-likeness (QED) is 0.579. The molecule has 0 bridgehead atoms. The summed E-state index contributed by atoms with van der Waals surface area (Å²) in [5, 5.41) is 3.98. The van der Waals surface area contributed by atoms with E-state index in [1.807, 2.05) is 0 Å². The summed E-state index contributed by atoms with van der Waals surface area (Å²) in [4.78, 5) is 22.6. The molecule has 0 radical (unpaired) electrons. The second kappa shape index (κ2) is 7.69. The van der Waals surface area contributed by atoms with Gasteiger partial charge in [-0.1, -0.05) is 15.9 Å². The molecule has 1 saturated carbocycles. The largest absolute Gasteiger partial charge is 0.369 e. The first-order chi connectivity index (χ1) is 8.13. The number of carbonyl (C=O) groups is 2. The number of amides is 2. The molecule has 17 heavy (non-hydrogen) atoms. The van der Waals surface area contributed by atoms with Gasteiger partial charge in [-0.2, -0.15) is 0 Å². The number of hydrogen-bond acceptors (Lipinski definition) is 2. The van der Waals surface area contributed by atoms with E-state index in [0.29, 0.717) is 6.42 Å². The molecule has 0 aliphatic heterocycles. The Balaban J connectivity index is 2.17. The van der Waals surface area contributed by atoms with Crippen LogP contribution >= 0.6 is 15.9 Å². The van der Waals surface area contributed by atoms with Gasteiger partial charge >= 0.3 is 0 Å². The molecule has 0 saturated heterocycles. The Morgan fingerprint density at radius 2 is 1.82 bits per heavy atom. The Hall–Kier alpha value is -0.580. The van der Waals surface area contributed by atoms with Crippen LogP contribution in [0.4, 0.5) is 0 Å². The highest BCUT2D eigenvalue weighted by molar-refractivity contribution is 9.09. The Bertz CT molecular complexity index is 263. The number of hydrogen-bond donors (Lipinski definition) is 2. The van der Waals surface area contributed by atoms with Crippen LogP contribution in [-0.2, 0) is 9.59 Å². The minimum Gasteiger partial charge on any atom is -0.369 e. The number of nitrogens with two attached hydrogens (primary N) is 1. The maximum absolute atomic E-state index is 11.6. The summed E-state index contributed by atoms with van der Waals surface area (Å²) in [7, 11) is 0. The summed E-state index contributed by atoms with van der Waals surface area (Å²) in [5.41, 5.74) is 5.26. The molecule has 0 aromatic rings. The Labute approximate surface area is 111 Å². The monoisotopic (exact) mass is 304 g/mol. The molecule has 0 aromatic heterocycles. The molecule has 1 aliphatic rings. The fraction of sp³-hybridized carbons (Fsp3) is 0.833. The maximum atomic E-state index is 11.6. The van der Waals surface area contributed by atoms with Crippen LogP contribution in [0, 0.1) is 5.92 Å². The minimum absolute atomic E-state index is 0.0107. The van der Waals surface area contributed by atoms with Crippen LogP contribution in [0.3, 0.4) is 0 Å². The van der Waals surface area contributed by atoms with Crippen molar-refractivity contribution in [2.45, 2.75) is 51.0 Å². The second-order valence-electron chi connectivity index (χ2n) is 4.66. The highest BCUT2D eigenvalue weighted by Gasteiger charge is 2.25. The van der Waals surface area contributed by atoms with E-state index in [0.717, 1.165) is 43.9 Å². The van der Waals surface area contributed by atoms with Gasteiger partial charge in [0.25, 0.3) is 0 Å². The third-order valence-corrected chi connectivity index (χ3v) is 3.84. The van der Waals surface area contributed by atoms with Gasteiger partial charge in [0, 0.05) is 23.7 Å². The van der Waals surface area contributed by atoms with Gasteiger partial charge in [-0.3, -0.25) is 9.59 Å². The summed E-state index contributed by atoms with van der Waals surface area (Å²) in [5.74, 6) is -0.0582. The first-order valence-corrected chi connectivity index (χ1v) is 7.40. The summed E-state index contributed by atoms with van der Waals surface area (Å²) in [6.07, 6.45) is 5.91. The Morgan fingerprint density at radius 3 is 2.35 bits per heavy atom. The highest BCUT2D eigenvalue weighted by atomic mass is 79.9. The fourth-order valence-corrected chi connectivity index (χ4v) is 2.60. The first kappa shape index (κ1) is 14.5. The number of primary amides is 1. The van der Waals surface area contributed by atoms with E-state index in [9.17, 15) is 9.59 Å². The van der Waals surface area contributed by atoms with Crippen LogP contribution in [0.1, 0.15) is 44.9 Å². The number of nitrogens with one attached hydrogen (secondary N) is 1. The molecule has 1 rings (SSSR count). The normalized spacial score (nSPS) is 24.3. The van der Waals surface area contributed by atoms with Gasteiger partial charge in [0.2, 0.25) is 11.8 Å². The van der Waals surface area contributed by atoms with Gasteiger partial charge in [-0.05, 0) is 38.5 Å². The van der Waals surface area contributed by atoms with Gasteiger partial charge in [0.1, 0.15) is 0 Å². The molecule has 3 N–H and O–H groups in total. The van der Waals surface area contributed by atoms with Crippen molar-refractivity contribution in [1.29, 1.82) is 0 Å². The fourth-order valence-electron chi connectivity index (χ4n) is 2.20. The predicted octanol–water partition coefficient (Wildman–Crippen LogP) is 1.71. The molecular weight excluding hydrogens is 284 g/mol. The topological polar surface area (TPSA) is 72.2 Å².